The average Bonchev–Trinajstić information content (AvgIpc) is 2.78. The van der Waals surface area contributed by atoms with E-state index in [1.165, 1.54) is 0 Å². The number of rotatable bonds is 3. The van der Waals surface area contributed by atoms with Crippen LogP contribution < -0.4 is 0 Å². The van der Waals surface area contributed by atoms with Crippen LogP contribution in [0.1, 0.15) is 21.7 Å². The number of hydrogen-bond acceptors (Lipinski definition) is 3. The maximum Gasteiger partial charge on any atom is 0.185 e. The standard InChI is InChI=1S/C13H12O3/c1-9-10(7-14)3-2-4-12(9)13-6-5-11(8-15)16-13/h2-6,8,14H,7H2,1H3. The van der Waals surface area contributed by atoms with Crippen molar-refractivity contribution in [3.8, 4) is 11.3 Å². The van der Waals surface area contributed by atoms with Gasteiger partial charge < -0.3 is 9.52 Å². The Morgan fingerprint density at radius 1 is 1.31 bits per heavy atom. The molecule has 0 fully saturated rings. The van der Waals surface area contributed by atoms with Crippen molar-refractivity contribution in [1.29, 1.82) is 0 Å². The third-order valence-corrected chi connectivity index (χ3v) is 2.62. The molecule has 0 aliphatic carbocycles. The summed E-state index contributed by atoms with van der Waals surface area (Å²) in [6.45, 7) is 1.92. The van der Waals surface area contributed by atoms with Crippen molar-refractivity contribution in [2.45, 2.75) is 13.5 Å². The molecular formula is C13H12O3. The van der Waals surface area contributed by atoms with Crippen molar-refractivity contribution < 1.29 is 14.3 Å². The van der Waals surface area contributed by atoms with Crippen LogP contribution in [0, 0.1) is 6.92 Å². The Hall–Kier alpha value is -1.87. The van der Waals surface area contributed by atoms with Crippen molar-refractivity contribution in [3.05, 3.63) is 47.2 Å². The van der Waals surface area contributed by atoms with Crippen molar-refractivity contribution in [3.63, 3.8) is 0 Å². The molecule has 3 heteroatoms. The van der Waals surface area contributed by atoms with Crippen LogP contribution in [0.25, 0.3) is 11.3 Å². The highest BCUT2D eigenvalue weighted by molar-refractivity contribution is 5.73. The third kappa shape index (κ3) is 1.77. The highest BCUT2D eigenvalue weighted by Crippen LogP contribution is 2.27. The highest BCUT2D eigenvalue weighted by Gasteiger charge is 2.09. The first-order chi connectivity index (χ1) is 7.76. The number of furan rings is 1. The van der Waals surface area contributed by atoms with E-state index in [2.05, 4.69) is 0 Å². The van der Waals surface area contributed by atoms with Crippen LogP contribution in [0.5, 0.6) is 0 Å². The van der Waals surface area contributed by atoms with Gasteiger partial charge in [-0.15, -0.1) is 0 Å². The Labute approximate surface area is 93.3 Å². The molecule has 0 amide bonds. The number of aldehydes is 1. The van der Waals surface area contributed by atoms with E-state index in [0.717, 1.165) is 16.7 Å². The molecule has 16 heavy (non-hydrogen) atoms. The van der Waals surface area contributed by atoms with E-state index in [0.29, 0.717) is 17.8 Å². The van der Waals surface area contributed by atoms with Crippen molar-refractivity contribution in [1.82, 2.24) is 0 Å². The Morgan fingerprint density at radius 2 is 2.12 bits per heavy atom. The zero-order valence-corrected chi connectivity index (χ0v) is 8.93. The first-order valence-electron chi connectivity index (χ1n) is 5.01. The minimum atomic E-state index is 0.000912. The summed E-state index contributed by atoms with van der Waals surface area (Å²) in [6, 6.07) is 9.02. The monoisotopic (exact) mass is 216 g/mol. The molecule has 1 aromatic carbocycles. The van der Waals surface area contributed by atoms with E-state index in [1.807, 2.05) is 25.1 Å². The van der Waals surface area contributed by atoms with Gasteiger partial charge in [0.1, 0.15) is 5.76 Å². The molecule has 3 nitrogen and oxygen atoms in total. The molecule has 1 N–H and O–H groups in total. The van der Waals surface area contributed by atoms with Crippen LogP contribution >= 0.6 is 0 Å². The predicted octanol–water partition coefficient (Wildman–Crippen LogP) is 2.56. The van der Waals surface area contributed by atoms with E-state index in [9.17, 15) is 4.79 Å². The first-order valence-corrected chi connectivity index (χ1v) is 5.01. The molecule has 2 rings (SSSR count). The van der Waals surface area contributed by atoms with Gasteiger partial charge in [-0.1, -0.05) is 18.2 Å². The molecule has 0 atom stereocenters. The summed E-state index contributed by atoms with van der Waals surface area (Å²) in [4.78, 5) is 10.5. The second-order valence-corrected chi connectivity index (χ2v) is 3.57. The predicted molar refractivity (Wildman–Crippen MR) is 60.2 cm³/mol. The lowest BCUT2D eigenvalue weighted by atomic mass is 10.0. The van der Waals surface area contributed by atoms with Gasteiger partial charge >= 0.3 is 0 Å². The van der Waals surface area contributed by atoms with Gasteiger partial charge in [-0.25, -0.2) is 0 Å². The maximum absolute atomic E-state index is 10.5. The summed E-state index contributed by atoms with van der Waals surface area (Å²) >= 11 is 0. The lowest BCUT2D eigenvalue weighted by Crippen LogP contribution is -1.90. The summed E-state index contributed by atoms with van der Waals surface area (Å²) in [7, 11) is 0. The smallest absolute Gasteiger partial charge is 0.185 e. The third-order valence-electron chi connectivity index (χ3n) is 2.62. The highest BCUT2D eigenvalue weighted by atomic mass is 16.3. The van der Waals surface area contributed by atoms with E-state index in [-0.39, 0.29) is 6.61 Å². The lowest BCUT2D eigenvalue weighted by molar-refractivity contribution is 0.110. The second kappa shape index (κ2) is 4.33. The number of aliphatic hydroxyl groups is 1. The topological polar surface area (TPSA) is 50.4 Å². The number of benzene rings is 1. The van der Waals surface area contributed by atoms with Gasteiger partial charge in [0.15, 0.2) is 12.0 Å². The summed E-state index contributed by atoms with van der Waals surface area (Å²) in [5.41, 5.74) is 2.73. The van der Waals surface area contributed by atoms with Gasteiger partial charge in [0.05, 0.1) is 6.61 Å². The molecule has 0 saturated carbocycles. The number of aliphatic hydroxyl groups excluding tert-OH is 1. The van der Waals surface area contributed by atoms with E-state index >= 15 is 0 Å². The maximum atomic E-state index is 10.5. The van der Waals surface area contributed by atoms with Gasteiger partial charge in [0, 0.05) is 5.56 Å². The summed E-state index contributed by atoms with van der Waals surface area (Å²) in [5, 5.41) is 9.15. The summed E-state index contributed by atoms with van der Waals surface area (Å²) in [5.74, 6) is 0.957. The molecule has 0 unspecified atom stereocenters. The fraction of sp³-hybridized carbons (Fsp3) is 0.154. The van der Waals surface area contributed by atoms with Crippen molar-refractivity contribution in [2.24, 2.45) is 0 Å². The molecule has 1 heterocycles. The normalized spacial score (nSPS) is 10.4. The molecule has 0 aliphatic rings. The summed E-state index contributed by atoms with van der Waals surface area (Å²) in [6.07, 6.45) is 0.675. The Kier molecular flexibility index (Phi) is 2.88. The SMILES string of the molecule is Cc1c(CO)cccc1-c1ccc(C=O)o1. The van der Waals surface area contributed by atoms with Crippen LogP contribution in [0.3, 0.4) is 0 Å². The van der Waals surface area contributed by atoms with Crippen molar-refractivity contribution in [2.75, 3.05) is 0 Å². The van der Waals surface area contributed by atoms with Gasteiger partial charge in [0.25, 0.3) is 0 Å². The number of hydrogen-bond donors (Lipinski definition) is 1. The van der Waals surface area contributed by atoms with Crippen LogP contribution in [-0.4, -0.2) is 11.4 Å². The number of carbonyl (C=O) groups is 1. The Morgan fingerprint density at radius 3 is 2.75 bits per heavy atom. The molecule has 2 aromatic rings. The van der Waals surface area contributed by atoms with Gasteiger partial charge in [-0.05, 0) is 30.2 Å². The fourth-order valence-corrected chi connectivity index (χ4v) is 1.68. The molecule has 0 bridgehead atoms. The van der Waals surface area contributed by atoms with Gasteiger partial charge in [-0.2, -0.15) is 0 Å². The van der Waals surface area contributed by atoms with E-state index in [1.54, 1.807) is 12.1 Å². The first kappa shape index (κ1) is 10.6. The largest absolute Gasteiger partial charge is 0.453 e. The van der Waals surface area contributed by atoms with Gasteiger partial charge in [0.2, 0.25) is 0 Å². The van der Waals surface area contributed by atoms with Crippen LogP contribution in [-0.2, 0) is 6.61 Å². The Bertz CT molecular complexity index is 512. The van der Waals surface area contributed by atoms with E-state index < -0.39 is 0 Å². The molecule has 82 valence electrons. The van der Waals surface area contributed by atoms with Crippen molar-refractivity contribution >= 4 is 6.29 Å². The second-order valence-electron chi connectivity index (χ2n) is 3.57. The Balaban J connectivity index is 2.51. The minimum absolute atomic E-state index is 0.000912. The molecule has 0 saturated heterocycles. The van der Waals surface area contributed by atoms with Crippen LogP contribution in [0.15, 0.2) is 34.7 Å². The summed E-state index contributed by atoms with van der Waals surface area (Å²) < 4.78 is 5.35. The molecule has 0 spiro atoms. The number of carbonyl (C=O) groups excluding carboxylic acids is 1. The lowest BCUT2D eigenvalue weighted by Gasteiger charge is -2.06. The van der Waals surface area contributed by atoms with Gasteiger partial charge in [-0.3, -0.25) is 4.79 Å². The molecule has 0 radical (unpaired) electrons. The molecular weight excluding hydrogens is 204 g/mol. The zero-order valence-electron chi connectivity index (χ0n) is 8.93. The van der Waals surface area contributed by atoms with Crippen LogP contribution in [0.4, 0.5) is 0 Å². The quantitative estimate of drug-likeness (QED) is 0.802. The van der Waals surface area contributed by atoms with Crippen LogP contribution in [0.2, 0.25) is 0 Å². The molecule has 0 aliphatic heterocycles. The molecule has 1 aromatic heterocycles. The minimum Gasteiger partial charge on any atom is -0.453 e. The van der Waals surface area contributed by atoms with E-state index in [4.69, 9.17) is 9.52 Å². The zero-order chi connectivity index (χ0) is 11.5. The average molecular weight is 216 g/mol. The fourth-order valence-electron chi connectivity index (χ4n) is 1.68.